The van der Waals surface area contributed by atoms with Crippen LogP contribution in [0, 0.1) is 0 Å². The number of hydrogen-bond acceptors (Lipinski definition) is 5. The number of carbonyl (C=O) groups excluding carboxylic acids is 3. The van der Waals surface area contributed by atoms with Crippen LogP contribution < -0.4 is 11.1 Å². The number of nitrogens with zero attached hydrogens (tertiary/aromatic N) is 1. The topological polar surface area (TPSA) is 102 Å². The fraction of sp³-hybridized carbons (Fsp3) is 0.500. The number of nitrogens with one attached hydrogen (secondary N) is 1. The predicted octanol–water partition coefficient (Wildman–Crippen LogP) is 0.576. The van der Waals surface area contributed by atoms with Crippen LogP contribution in [0.15, 0.2) is 30.3 Å². The summed E-state index contributed by atoms with van der Waals surface area (Å²) < 4.78 is 5.07. The standard InChI is InChI=1S/C18H25N3O4/c19-15(18(24)21-10-4-5-11-21)8-9-16(22)20-12-17(23)25-13-14-6-2-1-3-7-14/h1-3,6-7,15H,4-5,8-13,19H2,(H,20,22)/t15-/m0/s1. The zero-order chi connectivity index (χ0) is 18.1. The summed E-state index contributed by atoms with van der Waals surface area (Å²) in [6.07, 6.45) is 2.38. The average molecular weight is 347 g/mol. The van der Waals surface area contributed by atoms with E-state index in [9.17, 15) is 14.4 Å². The first-order valence-corrected chi connectivity index (χ1v) is 8.57. The summed E-state index contributed by atoms with van der Waals surface area (Å²) in [4.78, 5) is 37.2. The molecule has 7 heteroatoms. The van der Waals surface area contributed by atoms with Gasteiger partial charge in [-0.05, 0) is 24.8 Å². The molecule has 0 spiro atoms. The molecule has 136 valence electrons. The van der Waals surface area contributed by atoms with E-state index in [-0.39, 0.29) is 37.8 Å². The zero-order valence-electron chi connectivity index (χ0n) is 14.3. The highest BCUT2D eigenvalue weighted by molar-refractivity contribution is 5.84. The first kappa shape index (κ1) is 18.9. The highest BCUT2D eigenvalue weighted by Gasteiger charge is 2.24. The number of ether oxygens (including phenoxy) is 1. The maximum absolute atomic E-state index is 12.0. The second-order valence-corrected chi connectivity index (χ2v) is 6.10. The molecule has 1 saturated heterocycles. The summed E-state index contributed by atoms with van der Waals surface area (Å²) in [6.45, 7) is 1.46. The third kappa shape index (κ3) is 6.54. The lowest BCUT2D eigenvalue weighted by Gasteiger charge is -2.19. The summed E-state index contributed by atoms with van der Waals surface area (Å²) in [6, 6.07) is 8.63. The Labute approximate surface area is 147 Å². The Morgan fingerprint density at radius 3 is 2.52 bits per heavy atom. The average Bonchev–Trinajstić information content (AvgIpc) is 3.17. The number of nitrogens with two attached hydrogens (primary N) is 1. The molecule has 0 bridgehead atoms. The number of rotatable bonds is 8. The number of esters is 1. The van der Waals surface area contributed by atoms with Crippen LogP contribution in [0.5, 0.6) is 0 Å². The van der Waals surface area contributed by atoms with Gasteiger partial charge in [0, 0.05) is 19.5 Å². The monoisotopic (exact) mass is 347 g/mol. The molecule has 2 amide bonds. The van der Waals surface area contributed by atoms with Gasteiger partial charge in [-0.25, -0.2) is 0 Å². The van der Waals surface area contributed by atoms with Crippen molar-refractivity contribution in [2.75, 3.05) is 19.6 Å². The minimum absolute atomic E-state index is 0.104. The van der Waals surface area contributed by atoms with Crippen molar-refractivity contribution in [3.05, 3.63) is 35.9 Å². The van der Waals surface area contributed by atoms with Gasteiger partial charge in [-0.1, -0.05) is 30.3 Å². The predicted molar refractivity (Wildman–Crippen MR) is 92.3 cm³/mol. The Bertz CT molecular complexity index is 585. The number of carbonyl (C=O) groups is 3. The third-order valence-electron chi connectivity index (χ3n) is 4.09. The molecule has 1 fully saturated rings. The van der Waals surface area contributed by atoms with Crippen molar-refractivity contribution in [1.82, 2.24) is 10.2 Å². The van der Waals surface area contributed by atoms with Crippen LogP contribution in [0.1, 0.15) is 31.2 Å². The van der Waals surface area contributed by atoms with Crippen molar-refractivity contribution < 1.29 is 19.1 Å². The van der Waals surface area contributed by atoms with Gasteiger partial charge in [0.15, 0.2) is 0 Å². The Hall–Kier alpha value is -2.41. The maximum Gasteiger partial charge on any atom is 0.325 e. The van der Waals surface area contributed by atoms with Crippen molar-refractivity contribution in [2.45, 2.75) is 38.3 Å². The smallest absolute Gasteiger partial charge is 0.325 e. The number of likely N-dealkylation sites (tertiary alicyclic amines) is 1. The van der Waals surface area contributed by atoms with Gasteiger partial charge >= 0.3 is 5.97 Å². The first-order chi connectivity index (χ1) is 12.1. The SMILES string of the molecule is N[C@@H](CCC(=O)NCC(=O)OCc1ccccc1)C(=O)N1CCCC1. The fourth-order valence-corrected chi connectivity index (χ4v) is 2.63. The van der Waals surface area contributed by atoms with E-state index in [2.05, 4.69) is 5.32 Å². The normalized spacial score (nSPS) is 14.8. The minimum Gasteiger partial charge on any atom is -0.460 e. The van der Waals surface area contributed by atoms with Crippen molar-refractivity contribution in [3.8, 4) is 0 Å². The maximum atomic E-state index is 12.0. The molecule has 7 nitrogen and oxygen atoms in total. The quantitative estimate of drug-likeness (QED) is 0.670. The highest BCUT2D eigenvalue weighted by atomic mass is 16.5. The Morgan fingerprint density at radius 1 is 1.16 bits per heavy atom. The van der Waals surface area contributed by atoms with Gasteiger partial charge < -0.3 is 20.7 Å². The van der Waals surface area contributed by atoms with Gasteiger partial charge in [0.2, 0.25) is 11.8 Å². The molecule has 1 aliphatic rings. The summed E-state index contributed by atoms with van der Waals surface area (Å²) >= 11 is 0. The Balaban J connectivity index is 1.59. The summed E-state index contributed by atoms with van der Waals surface area (Å²) in [5.41, 5.74) is 6.73. The van der Waals surface area contributed by atoms with Crippen LogP contribution in [0.4, 0.5) is 0 Å². The van der Waals surface area contributed by atoms with Crippen LogP contribution in [0.25, 0.3) is 0 Å². The van der Waals surface area contributed by atoms with Gasteiger partial charge in [0.25, 0.3) is 0 Å². The molecule has 1 aromatic rings. The lowest BCUT2D eigenvalue weighted by atomic mass is 10.1. The van der Waals surface area contributed by atoms with E-state index < -0.39 is 12.0 Å². The lowest BCUT2D eigenvalue weighted by molar-refractivity contribution is -0.145. The largest absolute Gasteiger partial charge is 0.460 e. The van der Waals surface area contributed by atoms with E-state index in [1.165, 1.54) is 0 Å². The van der Waals surface area contributed by atoms with Crippen LogP contribution in [-0.4, -0.2) is 48.4 Å². The Morgan fingerprint density at radius 2 is 1.84 bits per heavy atom. The van der Waals surface area contributed by atoms with Gasteiger partial charge in [0.05, 0.1) is 6.04 Å². The Kier molecular flexibility index (Phi) is 7.40. The molecule has 1 aromatic carbocycles. The minimum atomic E-state index is -0.672. The fourth-order valence-electron chi connectivity index (χ4n) is 2.63. The highest BCUT2D eigenvalue weighted by Crippen LogP contribution is 2.10. The van der Waals surface area contributed by atoms with Gasteiger partial charge in [-0.3, -0.25) is 14.4 Å². The zero-order valence-corrected chi connectivity index (χ0v) is 14.3. The molecule has 2 rings (SSSR count). The van der Waals surface area contributed by atoms with Crippen LogP contribution >= 0.6 is 0 Å². The number of amides is 2. The van der Waals surface area contributed by atoms with E-state index in [0.717, 1.165) is 31.5 Å². The second-order valence-electron chi connectivity index (χ2n) is 6.10. The van der Waals surface area contributed by atoms with Crippen molar-refractivity contribution >= 4 is 17.8 Å². The van der Waals surface area contributed by atoms with E-state index >= 15 is 0 Å². The van der Waals surface area contributed by atoms with E-state index in [0.29, 0.717) is 0 Å². The van der Waals surface area contributed by atoms with Crippen molar-refractivity contribution in [1.29, 1.82) is 0 Å². The molecular weight excluding hydrogens is 322 g/mol. The molecule has 0 aliphatic carbocycles. The van der Waals surface area contributed by atoms with Crippen LogP contribution in [-0.2, 0) is 25.7 Å². The molecule has 3 N–H and O–H groups in total. The second kappa shape index (κ2) is 9.78. The molecule has 25 heavy (non-hydrogen) atoms. The molecular formula is C18H25N3O4. The van der Waals surface area contributed by atoms with E-state index in [1.54, 1.807) is 4.90 Å². The van der Waals surface area contributed by atoms with Crippen molar-refractivity contribution in [2.24, 2.45) is 5.73 Å². The molecule has 1 atom stereocenters. The van der Waals surface area contributed by atoms with E-state index in [1.807, 2.05) is 30.3 Å². The van der Waals surface area contributed by atoms with Crippen molar-refractivity contribution in [3.63, 3.8) is 0 Å². The summed E-state index contributed by atoms with van der Waals surface area (Å²) in [5, 5.41) is 2.49. The van der Waals surface area contributed by atoms with E-state index in [4.69, 9.17) is 10.5 Å². The molecule has 0 radical (unpaired) electrons. The molecule has 1 heterocycles. The van der Waals surface area contributed by atoms with Crippen LogP contribution in [0.2, 0.25) is 0 Å². The summed E-state index contributed by atoms with van der Waals surface area (Å²) in [5.74, 6) is -0.927. The van der Waals surface area contributed by atoms with Gasteiger partial charge in [0.1, 0.15) is 13.2 Å². The first-order valence-electron chi connectivity index (χ1n) is 8.57. The lowest BCUT2D eigenvalue weighted by Crippen LogP contribution is -2.43. The third-order valence-corrected chi connectivity index (χ3v) is 4.09. The van der Waals surface area contributed by atoms with Gasteiger partial charge in [-0.15, -0.1) is 0 Å². The molecule has 1 aliphatic heterocycles. The molecule has 0 aromatic heterocycles. The molecule has 0 unspecified atom stereocenters. The summed E-state index contributed by atoms with van der Waals surface area (Å²) in [7, 11) is 0. The number of benzene rings is 1. The van der Waals surface area contributed by atoms with Crippen LogP contribution in [0.3, 0.4) is 0 Å². The number of hydrogen-bond donors (Lipinski definition) is 2. The molecule has 0 saturated carbocycles. The van der Waals surface area contributed by atoms with Gasteiger partial charge in [-0.2, -0.15) is 0 Å².